The van der Waals surface area contributed by atoms with Crippen molar-refractivity contribution >= 4 is 17.9 Å². The number of hydrogen-bond acceptors (Lipinski definition) is 7. The third-order valence-electron chi connectivity index (χ3n) is 3.22. The van der Waals surface area contributed by atoms with Crippen LogP contribution >= 0.6 is 0 Å². The Kier molecular flexibility index (Phi) is 3.97. The van der Waals surface area contributed by atoms with E-state index in [0.717, 1.165) is 31.9 Å². The summed E-state index contributed by atoms with van der Waals surface area (Å²) in [5, 5.41) is 11.5. The van der Waals surface area contributed by atoms with Crippen LogP contribution in [0.5, 0.6) is 0 Å². The predicted octanol–water partition coefficient (Wildman–Crippen LogP) is 0.274. The molecule has 1 aromatic carbocycles. The summed E-state index contributed by atoms with van der Waals surface area (Å²) in [6, 6.07) is 8.20. The molecular weight excluding hydrogens is 270 g/mol. The lowest BCUT2D eigenvalue weighted by Gasteiger charge is -2.28. The SMILES string of the molecule is Nn1cnnc1N/N=C\c1ccc(N2CCOCC2)cc1. The zero-order valence-corrected chi connectivity index (χ0v) is 11.5. The summed E-state index contributed by atoms with van der Waals surface area (Å²) >= 11 is 0. The van der Waals surface area contributed by atoms with Gasteiger partial charge in [-0.25, -0.2) is 10.1 Å². The summed E-state index contributed by atoms with van der Waals surface area (Å²) in [4.78, 5) is 2.31. The third-order valence-corrected chi connectivity index (χ3v) is 3.22. The van der Waals surface area contributed by atoms with Crippen molar-refractivity contribution in [1.82, 2.24) is 14.9 Å². The molecule has 0 amide bonds. The Balaban J connectivity index is 1.60. The van der Waals surface area contributed by atoms with Crippen molar-refractivity contribution in [3.8, 4) is 0 Å². The van der Waals surface area contributed by atoms with E-state index in [1.165, 1.54) is 16.7 Å². The van der Waals surface area contributed by atoms with Gasteiger partial charge in [-0.3, -0.25) is 0 Å². The summed E-state index contributed by atoms with van der Waals surface area (Å²) in [6.07, 6.45) is 3.10. The zero-order chi connectivity index (χ0) is 14.5. The Morgan fingerprint density at radius 2 is 2.00 bits per heavy atom. The molecule has 1 saturated heterocycles. The number of nitrogens with zero attached hydrogens (tertiary/aromatic N) is 5. The van der Waals surface area contributed by atoms with Crippen LogP contribution in [0.1, 0.15) is 5.56 Å². The van der Waals surface area contributed by atoms with E-state index < -0.39 is 0 Å². The van der Waals surface area contributed by atoms with Gasteiger partial charge in [0.15, 0.2) is 0 Å². The van der Waals surface area contributed by atoms with E-state index in [2.05, 4.69) is 37.8 Å². The van der Waals surface area contributed by atoms with Crippen LogP contribution in [0.3, 0.4) is 0 Å². The number of aromatic nitrogens is 3. The minimum Gasteiger partial charge on any atom is -0.378 e. The molecule has 0 atom stereocenters. The quantitative estimate of drug-likeness (QED) is 0.476. The van der Waals surface area contributed by atoms with Gasteiger partial charge in [0.1, 0.15) is 6.33 Å². The first kappa shape index (κ1) is 13.4. The summed E-state index contributed by atoms with van der Waals surface area (Å²) in [5.74, 6) is 5.95. The first-order valence-corrected chi connectivity index (χ1v) is 6.70. The minimum absolute atomic E-state index is 0.385. The molecule has 3 N–H and O–H groups in total. The van der Waals surface area contributed by atoms with E-state index in [1.54, 1.807) is 6.21 Å². The van der Waals surface area contributed by atoms with Crippen molar-refractivity contribution in [2.45, 2.75) is 0 Å². The molecule has 0 spiro atoms. The van der Waals surface area contributed by atoms with E-state index in [4.69, 9.17) is 10.6 Å². The van der Waals surface area contributed by atoms with Gasteiger partial charge in [-0.15, -0.1) is 10.2 Å². The Hall–Kier alpha value is -2.61. The monoisotopic (exact) mass is 287 g/mol. The number of hydrogen-bond donors (Lipinski definition) is 2. The van der Waals surface area contributed by atoms with Gasteiger partial charge in [-0.1, -0.05) is 12.1 Å². The van der Waals surface area contributed by atoms with Crippen molar-refractivity contribution in [2.75, 3.05) is 42.5 Å². The fourth-order valence-electron chi connectivity index (χ4n) is 2.08. The van der Waals surface area contributed by atoms with Crippen LogP contribution in [0.4, 0.5) is 11.6 Å². The summed E-state index contributed by atoms with van der Waals surface area (Å²) < 4.78 is 6.61. The maximum Gasteiger partial charge on any atom is 0.263 e. The van der Waals surface area contributed by atoms with Gasteiger partial charge in [-0.2, -0.15) is 5.10 Å². The maximum atomic E-state index is 5.56. The molecule has 110 valence electrons. The van der Waals surface area contributed by atoms with Crippen LogP contribution in [-0.4, -0.2) is 47.4 Å². The van der Waals surface area contributed by atoms with Crippen LogP contribution in [0.2, 0.25) is 0 Å². The van der Waals surface area contributed by atoms with Crippen molar-refractivity contribution in [3.05, 3.63) is 36.2 Å². The van der Waals surface area contributed by atoms with Gasteiger partial charge < -0.3 is 15.5 Å². The van der Waals surface area contributed by atoms with E-state index in [-0.39, 0.29) is 0 Å². The Bertz CT molecular complexity index is 601. The first-order valence-electron chi connectivity index (χ1n) is 6.70. The second kappa shape index (κ2) is 6.23. The Morgan fingerprint density at radius 1 is 1.24 bits per heavy atom. The number of nitrogens with one attached hydrogen (secondary N) is 1. The highest BCUT2D eigenvalue weighted by Gasteiger charge is 2.10. The number of nitrogen functional groups attached to an aromatic ring is 1. The molecule has 0 saturated carbocycles. The van der Waals surface area contributed by atoms with Crippen LogP contribution in [0.15, 0.2) is 35.7 Å². The number of morpholine rings is 1. The summed E-state index contributed by atoms with van der Waals surface area (Å²) in [6.45, 7) is 3.43. The van der Waals surface area contributed by atoms with Crippen LogP contribution < -0.4 is 16.2 Å². The van der Waals surface area contributed by atoms with Crippen molar-refractivity contribution in [3.63, 3.8) is 0 Å². The fraction of sp³-hybridized carbons (Fsp3) is 0.308. The molecule has 2 heterocycles. The number of hydrazone groups is 1. The lowest BCUT2D eigenvalue weighted by Crippen LogP contribution is -2.36. The number of anilines is 2. The third kappa shape index (κ3) is 3.29. The number of rotatable bonds is 4. The maximum absolute atomic E-state index is 5.56. The molecule has 1 aliphatic rings. The normalized spacial score (nSPS) is 15.5. The largest absolute Gasteiger partial charge is 0.378 e. The second-order valence-electron chi connectivity index (χ2n) is 4.62. The van der Waals surface area contributed by atoms with Crippen molar-refractivity contribution in [2.24, 2.45) is 5.10 Å². The molecule has 2 aromatic rings. The molecule has 0 bridgehead atoms. The zero-order valence-electron chi connectivity index (χ0n) is 11.5. The van der Waals surface area contributed by atoms with Crippen molar-refractivity contribution in [1.29, 1.82) is 0 Å². The van der Waals surface area contributed by atoms with Gasteiger partial charge in [0.25, 0.3) is 5.95 Å². The molecule has 8 heteroatoms. The smallest absolute Gasteiger partial charge is 0.263 e. The Labute approximate surface area is 122 Å². The number of ether oxygens (including phenoxy) is 1. The Morgan fingerprint density at radius 3 is 2.67 bits per heavy atom. The van der Waals surface area contributed by atoms with Gasteiger partial charge >= 0.3 is 0 Å². The summed E-state index contributed by atoms with van der Waals surface area (Å²) in [7, 11) is 0. The molecule has 1 aliphatic heterocycles. The van der Waals surface area contributed by atoms with Crippen LogP contribution in [0, 0.1) is 0 Å². The predicted molar refractivity (Wildman–Crippen MR) is 80.9 cm³/mol. The van der Waals surface area contributed by atoms with Gasteiger partial charge in [0.05, 0.1) is 19.4 Å². The standard InChI is InChI=1S/C13H17N7O/c14-20-10-16-18-13(20)17-15-9-11-1-3-12(4-2-11)19-5-7-21-8-6-19/h1-4,9-10H,5-8,14H2,(H,17,18)/b15-9-. The van der Waals surface area contributed by atoms with E-state index >= 15 is 0 Å². The van der Waals surface area contributed by atoms with Gasteiger partial charge in [0.2, 0.25) is 0 Å². The number of benzene rings is 1. The number of nitrogens with two attached hydrogens (primary N) is 1. The topological polar surface area (TPSA) is 93.6 Å². The minimum atomic E-state index is 0.385. The van der Waals surface area contributed by atoms with E-state index in [0.29, 0.717) is 5.95 Å². The average Bonchev–Trinajstić information content (AvgIpc) is 2.94. The molecule has 1 aromatic heterocycles. The first-order chi connectivity index (χ1) is 10.3. The lowest BCUT2D eigenvalue weighted by molar-refractivity contribution is 0.122. The lowest BCUT2D eigenvalue weighted by atomic mass is 10.2. The molecule has 1 fully saturated rings. The molecule has 3 rings (SSSR count). The van der Waals surface area contributed by atoms with Gasteiger partial charge in [-0.05, 0) is 17.7 Å². The molecular formula is C13H17N7O. The average molecular weight is 287 g/mol. The molecule has 0 unspecified atom stereocenters. The van der Waals surface area contributed by atoms with Gasteiger partial charge in [0, 0.05) is 18.8 Å². The van der Waals surface area contributed by atoms with E-state index in [1.807, 2.05) is 12.1 Å². The molecule has 0 aliphatic carbocycles. The second-order valence-corrected chi connectivity index (χ2v) is 4.62. The molecule has 8 nitrogen and oxygen atoms in total. The molecule has 21 heavy (non-hydrogen) atoms. The highest BCUT2D eigenvalue weighted by Crippen LogP contribution is 2.15. The van der Waals surface area contributed by atoms with Crippen LogP contribution in [-0.2, 0) is 4.74 Å². The highest BCUT2D eigenvalue weighted by molar-refractivity contribution is 5.80. The highest BCUT2D eigenvalue weighted by atomic mass is 16.5. The molecule has 0 radical (unpaired) electrons. The fourth-order valence-corrected chi connectivity index (χ4v) is 2.08. The van der Waals surface area contributed by atoms with Crippen LogP contribution in [0.25, 0.3) is 0 Å². The van der Waals surface area contributed by atoms with Crippen molar-refractivity contribution < 1.29 is 4.74 Å². The summed E-state index contributed by atoms with van der Waals surface area (Å²) in [5.41, 5.74) is 4.91. The van der Waals surface area contributed by atoms with E-state index in [9.17, 15) is 0 Å².